The van der Waals surface area contributed by atoms with Crippen molar-refractivity contribution in [3.8, 4) is 5.75 Å². The summed E-state index contributed by atoms with van der Waals surface area (Å²) in [7, 11) is 1.61. The van der Waals surface area contributed by atoms with Crippen molar-refractivity contribution in [2.24, 2.45) is 5.73 Å². The number of hydrogen-bond acceptors (Lipinski definition) is 3. The Hall–Kier alpha value is -1.06. The van der Waals surface area contributed by atoms with Crippen LogP contribution in [0.15, 0.2) is 18.2 Å². The maximum Gasteiger partial charge on any atom is 0.125 e. The summed E-state index contributed by atoms with van der Waals surface area (Å²) in [5, 5.41) is 10.6. The van der Waals surface area contributed by atoms with Crippen LogP contribution in [0.4, 0.5) is 0 Å². The molecule has 0 heterocycles. The number of hydrogen-bond donors (Lipinski definition) is 2. The molecule has 18 heavy (non-hydrogen) atoms. The predicted molar refractivity (Wildman–Crippen MR) is 74.9 cm³/mol. The van der Waals surface area contributed by atoms with Crippen LogP contribution in [0.25, 0.3) is 0 Å². The van der Waals surface area contributed by atoms with Gasteiger partial charge in [-0.15, -0.1) is 0 Å². The lowest BCUT2D eigenvalue weighted by Crippen LogP contribution is -2.35. The molecule has 1 unspecified atom stereocenters. The van der Waals surface area contributed by atoms with Gasteiger partial charge in [-0.1, -0.05) is 33.8 Å². The molecule has 0 aliphatic carbocycles. The van der Waals surface area contributed by atoms with Gasteiger partial charge in [0.05, 0.1) is 7.11 Å². The van der Waals surface area contributed by atoms with Crippen LogP contribution in [0, 0.1) is 0 Å². The van der Waals surface area contributed by atoms with Crippen LogP contribution in [-0.4, -0.2) is 18.8 Å². The summed E-state index contributed by atoms with van der Waals surface area (Å²) in [5.41, 5.74) is 6.68. The number of methoxy groups -OCH3 is 1. The van der Waals surface area contributed by atoms with E-state index in [0.29, 0.717) is 12.2 Å². The Kier molecular flexibility index (Phi) is 4.41. The average molecular weight is 251 g/mol. The molecule has 0 saturated heterocycles. The molecule has 3 heteroatoms. The van der Waals surface area contributed by atoms with Crippen LogP contribution in [-0.2, 0) is 11.0 Å². The summed E-state index contributed by atoms with van der Waals surface area (Å²) >= 11 is 0. The molecule has 0 spiro atoms. The molecule has 0 fully saturated rings. The molecule has 1 rings (SSSR count). The molecule has 3 nitrogen and oxygen atoms in total. The lowest BCUT2D eigenvalue weighted by atomic mass is 9.82. The Labute approximate surface area is 110 Å². The van der Waals surface area contributed by atoms with Gasteiger partial charge in [-0.2, -0.15) is 0 Å². The second-order valence-corrected chi connectivity index (χ2v) is 5.75. The Bertz CT molecular complexity index is 403. The third-order valence-corrected chi connectivity index (χ3v) is 3.49. The van der Waals surface area contributed by atoms with Crippen molar-refractivity contribution in [3.63, 3.8) is 0 Å². The summed E-state index contributed by atoms with van der Waals surface area (Å²) in [5.74, 6) is 0.692. The van der Waals surface area contributed by atoms with E-state index >= 15 is 0 Å². The number of aliphatic hydroxyl groups is 1. The predicted octanol–water partition coefficient (Wildman–Crippen LogP) is 2.55. The Morgan fingerprint density at radius 1 is 1.28 bits per heavy atom. The largest absolute Gasteiger partial charge is 0.496 e. The van der Waals surface area contributed by atoms with E-state index in [-0.39, 0.29) is 12.0 Å². The summed E-state index contributed by atoms with van der Waals surface area (Å²) in [4.78, 5) is 0. The van der Waals surface area contributed by atoms with Gasteiger partial charge < -0.3 is 15.6 Å². The zero-order chi connectivity index (χ0) is 14.0. The highest BCUT2D eigenvalue weighted by Gasteiger charge is 2.30. The molecule has 0 amide bonds. The molecule has 0 aliphatic heterocycles. The first-order chi connectivity index (χ1) is 8.28. The molecule has 0 aliphatic rings. The number of nitrogens with two attached hydrogens (primary N) is 1. The highest BCUT2D eigenvalue weighted by atomic mass is 16.5. The second-order valence-electron chi connectivity index (χ2n) is 5.75. The molecule has 0 aromatic heterocycles. The van der Waals surface area contributed by atoms with E-state index in [0.717, 1.165) is 5.56 Å². The van der Waals surface area contributed by atoms with Crippen molar-refractivity contribution in [2.45, 2.75) is 45.1 Å². The molecular formula is C15H25NO2. The monoisotopic (exact) mass is 251 g/mol. The van der Waals surface area contributed by atoms with Crippen molar-refractivity contribution >= 4 is 0 Å². The number of ether oxygens (including phenoxy) is 1. The average Bonchev–Trinajstić information content (AvgIpc) is 2.36. The van der Waals surface area contributed by atoms with Crippen LogP contribution < -0.4 is 10.5 Å². The van der Waals surface area contributed by atoms with Gasteiger partial charge in [-0.25, -0.2) is 0 Å². The van der Waals surface area contributed by atoms with E-state index < -0.39 is 5.60 Å². The maximum absolute atomic E-state index is 10.6. The topological polar surface area (TPSA) is 55.5 Å². The van der Waals surface area contributed by atoms with Gasteiger partial charge in [-0.05, 0) is 29.5 Å². The number of rotatable bonds is 4. The van der Waals surface area contributed by atoms with E-state index in [1.54, 1.807) is 7.11 Å². The van der Waals surface area contributed by atoms with Gasteiger partial charge >= 0.3 is 0 Å². The van der Waals surface area contributed by atoms with Crippen molar-refractivity contribution in [1.29, 1.82) is 0 Å². The third kappa shape index (κ3) is 2.85. The molecule has 3 N–H and O–H groups in total. The highest BCUT2D eigenvalue weighted by Crippen LogP contribution is 2.35. The number of benzene rings is 1. The zero-order valence-electron chi connectivity index (χ0n) is 12.1. The fourth-order valence-corrected chi connectivity index (χ4v) is 1.98. The van der Waals surface area contributed by atoms with Crippen molar-refractivity contribution < 1.29 is 9.84 Å². The molecule has 102 valence electrons. The lowest BCUT2D eigenvalue weighted by molar-refractivity contribution is 0.0392. The van der Waals surface area contributed by atoms with Crippen LogP contribution in [0.2, 0.25) is 0 Å². The highest BCUT2D eigenvalue weighted by molar-refractivity contribution is 5.43. The third-order valence-electron chi connectivity index (χ3n) is 3.49. The summed E-state index contributed by atoms with van der Waals surface area (Å²) in [6.07, 6.45) is 0.563. The van der Waals surface area contributed by atoms with Crippen LogP contribution in [0.1, 0.15) is 45.2 Å². The molecule has 0 bridgehead atoms. The van der Waals surface area contributed by atoms with Crippen molar-refractivity contribution in [3.05, 3.63) is 29.3 Å². The Morgan fingerprint density at radius 3 is 2.28 bits per heavy atom. The standard InChI is InChI=1S/C15H25NO2/c1-6-15(17,10-16)12-9-11(14(2,3)4)7-8-13(12)18-5/h7-9,17H,6,10,16H2,1-5H3. The minimum atomic E-state index is -1.02. The van der Waals surface area contributed by atoms with Crippen LogP contribution in [0.3, 0.4) is 0 Å². The summed E-state index contributed by atoms with van der Waals surface area (Å²) in [6, 6.07) is 5.95. The van der Waals surface area contributed by atoms with Gasteiger partial charge in [0.25, 0.3) is 0 Å². The Morgan fingerprint density at radius 2 is 1.89 bits per heavy atom. The second kappa shape index (κ2) is 5.29. The molecule has 1 atom stereocenters. The van der Waals surface area contributed by atoms with E-state index in [1.165, 1.54) is 5.56 Å². The molecule has 0 saturated carbocycles. The van der Waals surface area contributed by atoms with Gasteiger partial charge in [0.2, 0.25) is 0 Å². The van der Waals surface area contributed by atoms with Crippen LogP contribution >= 0.6 is 0 Å². The Balaban J connectivity index is 3.39. The first-order valence-corrected chi connectivity index (χ1v) is 6.40. The van der Waals surface area contributed by atoms with E-state index in [1.807, 2.05) is 25.1 Å². The zero-order valence-corrected chi connectivity index (χ0v) is 12.1. The normalized spacial score (nSPS) is 15.3. The molecule has 0 radical (unpaired) electrons. The van der Waals surface area contributed by atoms with Crippen molar-refractivity contribution in [1.82, 2.24) is 0 Å². The van der Waals surface area contributed by atoms with Gasteiger partial charge in [0.1, 0.15) is 11.4 Å². The molecule has 1 aromatic carbocycles. The van der Waals surface area contributed by atoms with E-state index in [2.05, 4.69) is 20.8 Å². The fourth-order valence-electron chi connectivity index (χ4n) is 1.98. The van der Waals surface area contributed by atoms with Gasteiger partial charge in [0, 0.05) is 12.1 Å². The lowest BCUT2D eigenvalue weighted by Gasteiger charge is -2.29. The SMILES string of the molecule is CCC(O)(CN)c1cc(C(C)(C)C)ccc1OC. The minimum Gasteiger partial charge on any atom is -0.496 e. The quantitative estimate of drug-likeness (QED) is 0.864. The van der Waals surface area contributed by atoms with Crippen molar-refractivity contribution in [2.75, 3.05) is 13.7 Å². The minimum absolute atomic E-state index is 0.0320. The molecular weight excluding hydrogens is 226 g/mol. The van der Waals surface area contributed by atoms with E-state index in [4.69, 9.17) is 10.5 Å². The van der Waals surface area contributed by atoms with Crippen LogP contribution in [0.5, 0.6) is 5.75 Å². The fraction of sp³-hybridized carbons (Fsp3) is 0.600. The summed E-state index contributed by atoms with van der Waals surface area (Å²) < 4.78 is 5.35. The first kappa shape index (κ1) is 15.0. The summed E-state index contributed by atoms with van der Waals surface area (Å²) in [6.45, 7) is 8.55. The smallest absolute Gasteiger partial charge is 0.125 e. The van der Waals surface area contributed by atoms with Gasteiger partial charge in [-0.3, -0.25) is 0 Å². The van der Waals surface area contributed by atoms with E-state index in [9.17, 15) is 5.11 Å². The van der Waals surface area contributed by atoms with Gasteiger partial charge in [0.15, 0.2) is 0 Å². The maximum atomic E-state index is 10.6. The first-order valence-electron chi connectivity index (χ1n) is 6.40. The molecule has 1 aromatic rings.